The topological polar surface area (TPSA) is 38.3 Å². The number of amides is 1. The molecule has 0 radical (unpaired) electrons. The van der Waals surface area contributed by atoms with Gasteiger partial charge in [0.25, 0.3) is 0 Å². The number of ether oxygens (including phenoxy) is 1. The van der Waals surface area contributed by atoms with Crippen LogP contribution in [0.15, 0.2) is 24.3 Å². The summed E-state index contributed by atoms with van der Waals surface area (Å²) < 4.78 is 4.98. The molecule has 1 aromatic rings. The van der Waals surface area contributed by atoms with Crippen LogP contribution in [0.5, 0.6) is 5.75 Å². The Morgan fingerprint density at radius 3 is 2.43 bits per heavy atom. The lowest BCUT2D eigenvalue weighted by Gasteiger charge is -2.06. The highest BCUT2D eigenvalue weighted by Gasteiger charge is 2.08. The van der Waals surface area contributed by atoms with Crippen molar-refractivity contribution in [2.45, 2.75) is 12.3 Å². The summed E-state index contributed by atoms with van der Waals surface area (Å²) in [6.45, 7) is 1.63. The van der Waals surface area contributed by atoms with E-state index in [1.54, 1.807) is 38.3 Å². The van der Waals surface area contributed by atoms with Gasteiger partial charge in [-0.2, -0.15) is 0 Å². The van der Waals surface area contributed by atoms with Crippen molar-refractivity contribution in [2.75, 3.05) is 12.4 Å². The number of carbonyl (C=O) groups excluding carboxylic acids is 1. The highest BCUT2D eigenvalue weighted by molar-refractivity contribution is 6.32. The van der Waals surface area contributed by atoms with E-state index >= 15 is 0 Å². The first-order valence-electron chi connectivity index (χ1n) is 4.22. The monoisotopic (exact) mass is 213 g/mol. The van der Waals surface area contributed by atoms with Gasteiger partial charge in [0.2, 0.25) is 5.91 Å². The maximum atomic E-state index is 11.2. The first-order valence-corrected chi connectivity index (χ1v) is 4.66. The summed E-state index contributed by atoms with van der Waals surface area (Å²) in [5, 5.41) is 2.14. The lowest BCUT2D eigenvalue weighted by Crippen LogP contribution is -2.20. The molecule has 14 heavy (non-hydrogen) atoms. The summed E-state index contributed by atoms with van der Waals surface area (Å²) in [7, 11) is 1.59. The van der Waals surface area contributed by atoms with Gasteiger partial charge in [0.1, 0.15) is 11.1 Å². The third-order valence-electron chi connectivity index (χ3n) is 1.72. The van der Waals surface area contributed by atoms with Crippen LogP contribution in [0.3, 0.4) is 0 Å². The minimum atomic E-state index is -0.530. The largest absolute Gasteiger partial charge is 0.497 e. The number of methoxy groups -OCH3 is 1. The van der Waals surface area contributed by atoms with Crippen LogP contribution in [0.25, 0.3) is 0 Å². The van der Waals surface area contributed by atoms with E-state index in [4.69, 9.17) is 16.3 Å². The third-order valence-corrected chi connectivity index (χ3v) is 1.92. The van der Waals surface area contributed by atoms with E-state index in [0.717, 1.165) is 5.75 Å². The van der Waals surface area contributed by atoms with Crippen molar-refractivity contribution < 1.29 is 9.53 Å². The molecule has 0 bridgehead atoms. The smallest absolute Gasteiger partial charge is 0.242 e. The zero-order valence-electron chi connectivity index (χ0n) is 8.08. The molecule has 1 rings (SSSR count). The molecule has 0 aliphatic heterocycles. The Labute approximate surface area is 88.0 Å². The van der Waals surface area contributed by atoms with Crippen molar-refractivity contribution in [1.82, 2.24) is 0 Å². The molecular formula is C10H12ClNO2. The summed E-state index contributed by atoms with van der Waals surface area (Å²) >= 11 is 5.60. The van der Waals surface area contributed by atoms with E-state index in [1.807, 2.05) is 0 Å². The molecule has 76 valence electrons. The van der Waals surface area contributed by atoms with E-state index in [9.17, 15) is 4.79 Å². The Hall–Kier alpha value is -1.22. The van der Waals surface area contributed by atoms with Crippen LogP contribution < -0.4 is 10.1 Å². The highest BCUT2D eigenvalue weighted by atomic mass is 35.5. The lowest BCUT2D eigenvalue weighted by atomic mass is 10.3. The maximum absolute atomic E-state index is 11.2. The number of hydrogen-bond donors (Lipinski definition) is 1. The van der Waals surface area contributed by atoms with E-state index < -0.39 is 5.38 Å². The number of benzene rings is 1. The molecule has 0 fully saturated rings. The van der Waals surface area contributed by atoms with E-state index in [0.29, 0.717) is 5.69 Å². The second kappa shape index (κ2) is 4.86. The van der Waals surface area contributed by atoms with Crippen molar-refractivity contribution in [1.29, 1.82) is 0 Å². The quantitative estimate of drug-likeness (QED) is 0.783. The third kappa shape index (κ3) is 2.92. The Kier molecular flexibility index (Phi) is 3.77. The zero-order valence-corrected chi connectivity index (χ0v) is 8.84. The molecule has 1 N–H and O–H groups in total. The minimum Gasteiger partial charge on any atom is -0.497 e. The molecule has 1 amide bonds. The zero-order chi connectivity index (χ0) is 10.6. The molecule has 0 spiro atoms. The minimum absolute atomic E-state index is 0.211. The first kappa shape index (κ1) is 10.9. The van der Waals surface area contributed by atoms with Crippen LogP contribution in [-0.2, 0) is 4.79 Å². The summed E-state index contributed by atoms with van der Waals surface area (Å²) in [6.07, 6.45) is 0. The predicted octanol–water partition coefficient (Wildman–Crippen LogP) is 2.26. The van der Waals surface area contributed by atoms with Crippen LogP contribution in [-0.4, -0.2) is 18.4 Å². The van der Waals surface area contributed by atoms with Crippen molar-refractivity contribution in [3.63, 3.8) is 0 Å². The second-order valence-corrected chi connectivity index (χ2v) is 3.49. The molecule has 4 heteroatoms. The van der Waals surface area contributed by atoms with Gasteiger partial charge in [0.15, 0.2) is 0 Å². The Morgan fingerprint density at radius 2 is 2.00 bits per heavy atom. The van der Waals surface area contributed by atoms with Gasteiger partial charge >= 0.3 is 0 Å². The molecule has 0 unspecified atom stereocenters. The van der Waals surface area contributed by atoms with Gasteiger partial charge in [-0.25, -0.2) is 0 Å². The van der Waals surface area contributed by atoms with Crippen molar-refractivity contribution in [3.05, 3.63) is 24.3 Å². The van der Waals surface area contributed by atoms with Crippen LogP contribution in [0.1, 0.15) is 6.92 Å². The number of hydrogen-bond acceptors (Lipinski definition) is 2. The van der Waals surface area contributed by atoms with Gasteiger partial charge in [-0.05, 0) is 31.2 Å². The van der Waals surface area contributed by atoms with Gasteiger partial charge in [0, 0.05) is 5.69 Å². The molecular weight excluding hydrogens is 202 g/mol. The van der Waals surface area contributed by atoms with Crippen LogP contribution in [0.2, 0.25) is 0 Å². The van der Waals surface area contributed by atoms with E-state index in [-0.39, 0.29) is 5.91 Å². The van der Waals surface area contributed by atoms with Crippen molar-refractivity contribution in [2.24, 2.45) is 0 Å². The fraction of sp³-hybridized carbons (Fsp3) is 0.300. The lowest BCUT2D eigenvalue weighted by molar-refractivity contribution is -0.115. The van der Waals surface area contributed by atoms with Crippen LogP contribution in [0.4, 0.5) is 5.69 Å². The fourth-order valence-electron chi connectivity index (χ4n) is 0.916. The van der Waals surface area contributed by atoms with Crippen LogP contribution >= 0.6 is 11.6 Å². The summed E-state index contributed by atoms with van der Waals surface area (Å²) in [6, 6.07) is 7.06. The molecule has 1 atom stereocenters. The predicted molar refractivity (Wildman–Crippen MR) is 56.9 cm³/mol. The highest BCUT2D eigenvalue weighted by Crippen LogP contribution is 2.15. The average Bonchev–Trinajstić information content (AvgIpc) is 2.19. The van der Waals surface area contributed by atoms with Gasteiger partial charge in [-0.3, -0.25) is 4.79 Å². The SMILES string of the molecule is COc1ccc(NC(=O)[C@@H](C)Cl)cc1. The molecule has 0 aromatic heterocycles. The molecule has 3 nitrogen and oxygen atoms in total. The molecule has 1 aromatic carbocycles. The second-order valence-electron chi connectivity index (χ2n) is 2.83. The molecule has 0 heterocycles. The van der Waals surface area contributed by atoms with Gasteiger partial charge in [0.05, 0.1) is 7.11 Å². The molecule has 0 aliphatic rings. The van der Waals surface area contributed by atoms with Gasteiger partial charge in [-0.15, -0.1) is 11.6 Å². The van der Waals surface area contributed by atoms with Crippen molar-refractivity contribution >= 4 is 23.2 Å². The summed E-state index contributed by atoms with van der Waals surface area (Å²) in [5.74, 6) is 0.541. The number of nitrogens with one attached hydrogen (secondary N) is 1. The Morgan fingerprint density at radius 1 is 1.43 bits per heavy atom. The molecule has 0 saturated heterocycles. The number of carbonyl (C=O) groups is 1. The van der Waals surface area contributed by atoms with Crippen molar-refractivity contribution in [3.8, 4) is 5.75 Å². The number of halogens is 1. The van der Waals surface area contributed by atoms with E-state index in [1.165, 1.54) is 0 Å². The van der Waals surface area contributed by atoms with Crippen LogP contribution in [0, 0.1) is 0 Å². The maximum Gasteiger partial charge on any atom is 0.242 e. The normalized spacial score (nSPS) is 11.9. The number of alkyl halides is 1. The fourth-order valence-corrected chi connectivity index (χ4v) is 0.971. The Balaban J connectivity index is 2.64. The summed E-state index contributed by atoms with van der Waals surface area (Å²) in [5.41, 5.74) is 0.711. The number of anilines is 1. The summed E-state index contributed by atoms with van der Waals surface area (Å²) in [4.78, 5) is 11.2. The first-order chi connectivity index (χ1) is 6.63. The average molecular weight is 214 g/mol. The van der Waals surface area contributed by atoms with E-state index in [2.05, 4.69) is 5.32 Å². The standard InChI is InChI=1S/C10H12ClNO2/c1-7(11)10(13)12-8-3-5-9(14-2)6-4-8/h3-7H,1-2H3,(H,12,13)/t7-/m1/s1. The van der Waals surface area contributed by atoms with Gasteiger partial charge in [-0.1, -0.05) is 0 Å². The number of rotatable bonds is 3. The molecule has 0 aliphatic carbocycles. The van der Waals surface area contributed by atoms with Gasteiger partial charge < -0.3 is 10.1 Å². The Bertz CT molecular complexity index is 308. The molecule has 0 saturated carbocycles.